The first-order chi connectivity index (χ1) is 11.1. The van der Waals surface area contributed by atoms with Crippen molar-refractivity contribution in [1.29, 1.82) is 0 Å². The molecule has 0 N–H and O–H groups in total. The summed E-state index contributed by atoms with van der Waals surface area (Å²) >= 11 is 0. The van der Waals surface area contributed by atoms with Gasteiger partial charge in [0.15, 0.2) is 11.5 Å². The third kappa shape index (κ3) is 3.46. The van der Waals surface area contributed by atoms with E-state index in [1.54, 1.807) is 25.4 Å². The van der Waals surface area contributed by atoms with Crippen LogP contribution in [0.5, 0.6) is 11.5 Å². The lowest BCUT2D eigenvalue weighted by Gasteiger charge is -2.21. The zero-order chi connectivity index (χ0) is 16.3. The molecule has 1 aromatic carbocycles. The summed E-state index contributed by atoms with van der Waals surface area (Å²) in [6.45, 7) is 1.25. The molecule has 0 saturated carbocycles. The molecule has 0 amide bonds. The highest BCUT2D eigenvalue weighted by atomic mass is 32.2. The van der Waals surface area contributed by atoms with Gasteiger partial charge in [-0.2, -0.15) is 0 Å². The molecule has 0 spiro atoms. The number of benzene rings is 1. The highest BCUT2D eigenvalue weighted by molar-refractivity contribution is 7.89. The van der Waals surface area contributed by atoms with Crippen LogP contribution in [0.1, 0.15) is 5.69 Å². The van der Waals surface area contributed by atoms with Gasteiger partial charge in [0, 0.05) is 38.0 Å². The second kappa shape index (κ2) is 6.55. The van der Waals surface area contributed by atoms with Crippen LogP contribution in [0.2, 0.25) is 0 Å². The minimum Gasteiger partial charge on any atom is -0.486 e. The van der Waals surface area contributed by atoms with Crippen LogP contribution in [-0.4, -0.2) is 44.5 Å². The third-order valence-electron chi connectivity index (χ3n) is 3.63. The van der Waals surface area contributed by atoms with Gasteiger partial charge in [0.1, 0.15) is 13.2 Å². The molecule has 0 fully saturated rings. The molecule has 0 radical (unpaired) electrons. The van der Waals surface area contributed by atoms with E-state index in [2.05, 4.69) is 4.98 Å². The Labute approximate surface area is 135 Å². The molecule has 2 heterocycles. The van der Waals surface area contributed by atoms with Crippen LogP contribution in [0, 0.1) is 0 Å². The van der Waals surface area contributed by atoms with Crippen molar-refractivity contribution in [2.75, 3.05) is 26.8 Å². The van der Waals surface area contributed by atoms with Crippen LogP contribution in [0.15, 0.2) is 47.5 Å². The Kier molecular flexibility index (Phi) is 4.49. The summed E-state index contributed by atoms with van der Waals surface area (Å²) in [6, 6.07) is 10.3. The van der Waals surface area contributed by atoms with Gasteiger partial charge >= 0.3 is 0 Å². The van der Waals surface area contributed by atoms with Gasteiger partial charge in [-0.1, -0.05) is 6.07 Å². The Hall–Kier alpha value is -2.12. The van der Waals surface area contributed by atoms with Gasteiger partial charge in [-0.05, 0) is 24.3 Å². The molecule has 3 rings (SSSR count). The van der Waals surface area contributed by atoms with Crippen molar-refractivity contribution in [3.8, 4) is 11.5 Å². The van der Waals surface area contributed by atoms with Gasteiger partial charge in [-0.15, -0.1) is 0 Å². The van der Waals surface area contributed by atoms with Crippen LogP contribution in [0.4, 0.5) is 0 Å². The van der Waals surface area contributed by atoms with Gasteiger partial charge in [-0.25, -0.2) is 12.7 Å². The van der Waals surface area contributed by atoms with E-state index in [1.165, 1.54) is 10.4 Å². The smallest absolute Gasteiger partial charge is 0.242 e. The normalized spacial score (nSPS) is 14.0. The zero-order valence-electron chi connectivity index (χ0n) is 12.8. The predicted molar refractivity (Wildman–Crippen MR) is 85.2 cm³/mol. The van der Waals surface area contributed by atoms with Crippen molar-refractivity contribution in [2.45, 2.75) is 11.3 Å². The Balaban J connectivity index is 1.75. The van der Waals surface area contributed by atoms with E-state index < -0.39 is 10.0 Å². The molecule has 1 aliphatic rings. The zero-order valence-corrected chi connectivity index (χ0v) is 13.6. The molecule has 1 aromatic heterocycles. The first kappa shape index (κ1) is 15.8. The average Bonchev–Trinajstić information content (AvgIpc) is 2.60. The fourth-order valence-corrected chi connectivity index (χ4v) is 3.49. The topological polar surface area (TPSA) is 68.7 Å². The van der Waals surface area contributed by atoms with Crippen molar-refractivity contribution in [2.24, 2.45) is 0 Å². The summed E-state index contributed by atoms with van der Waals surface area (Å²) in [5, 5.41) is 0. The van der Waals surface area contributed by atoms with Crippen molar-refractivity contribution < 1.29 is 17.9 Å². The molecule has 0 atom stereocenters. The molecule has 0 aliphatic carbocycles. The molecule has 2 aromatic rings. The monoisotopic (exact) mass is 334 g/mol. The minimum absolute atomic E-state index is 0.199. The first-order valence-electron chi connectivity index (χ1n) is 7.33. The molecule has 0 bridgehead atoms. The van der Waals surface area contributed by atoms with Crippen molar-refractivity contribution >= 4 is 10.0 Å². The Bertz CT molecular complexity index is 778. The Morgan fingerprint density at radius 3 is 2.65 bits per heavy atom. The number of fused-ring (bicyclic) bond motifs is 1. The number of sulfonamides is 1. The lowest BCUT2D eigenvalue weighted by molar-refractivity contribution is 0.171. The predicted octanol–water partition coefficient (Wildman–Crippen LogP) is 1.72. The van der Waals surface area contributed by atoms with E-state index in [9.17, 15) is 8.42 Å². The number of pyridine rings is 1. The molecule has 0 unspecified atom stereocenters. The molecule has 23 heavy (non-hydrogen) atoms. The van der Waals surface area contributed by atoms with E-state index in [0.717, 1.165) is 5.69 Å². The number of rotatable bonds is 5. The molecule has 7 heteroatoms. The number of hydrogen-bond acceptors (Lipinski definition) is 5. The molecule has 122 valence electrons. The molecular weight excluding hydrogens is 316 g/mol. The fourth-order valence-electron chi connectivity index (χ4n) is 2.30. The van der Waals surface area contributed by atoms with Crippen LogP contribution >= 0.6 is 0 Å². The van der Waals surface area contributed by atoms with Crippen LogP contribution in [0.3, 0.4) is 0 Å². The van der Waals surface area contributed by atoms with E-state index >= 15 is 0 Å². The SMILES string of the molecule is CN(CCc1ccccn1)S(=O)(=O)c1ccc2c(c1)OCCO2. The maximum atomic E-state index is 12.6. The highest BCUT2D eigenvalue weighted by Crippen LogP contribution is 2.32. The summed E-state index contributed by atoms with van der Waals surface area (Å²) in [7, 11) is -2.01. The quantitative estimate of drug-likeness (QED) is 0.833. The summed E-state index contributed by atoms with van der Waals surface area (Å²) < 4.78 is 37.5. The van der Waals surface area contributed by atoms with Crippen molar-refractivity contribution in [1.82, 2.24) is 9.29 Å². The number of likely N-dealkylation sites (N-methyl/N-ethyl adjacent to an activating group) is 1. The summed E-state index contributed by atoms with van der Waals surface area (Å²) in [5.74, 6) is 1.04. The standard InChI is InChI=1S/C16H18N2O4S/c1-18(9-7-13-4-2-3-8-17-13)23(19,20)14-5-6-15-16(12-14)22-11-10-21-15/h2-6,8,12H,7,9-11H2,1H3. The molecule has 6 nitrogen and oxygen atoms in total. The Morgan fingerprint density at radius 2 is 1.91 bits per heavy atom. The number of ether oxygens (including phenoxy) is 2. The van der Waals surface area contributed by atoms with Crippen LogP contribution < -0.4 is 9.47 Å². The van der Waals surface area contributed by atoms with E-state index in [0.29, 0.717) is 37.7 Å². The first-order valence-corrected chi connectivity index (χ1v) is 8.77. The minimum atomic E-state index is -3.57. The van der Waals surface area contributed by atoms with Crippen molar-refractivity contribution in [3.05, 3.63) is 48.3 Å². The molecular formula is C16H18N2O4S. The average molecular weight is 334 g/mol. The number of aromatic nitrogens is 1. The van der Waals surface area contributed by atoms with E-state index in [1.807, 2.05) is 18.2 Å². The maximum Gasteiger partial charge on any atom is 0.242 e. The number of hydrogen-bond donors (Lipinski definition) is 0. The maximum absolute atomic E-state index is 12.6. The van der Waals surface area contributed by atoms with Crippen LogP contribution in [0.25, 0.3) is 0 Å². The second-order valence-electron chi connectivity index (χ2n) is 5.20. The lowest BCUT2D eigenvalue weighted by Crippen LogP contribution is -2.29. The van der Waals surface area contributed by atoms with Gasteiger partial charge in [0.05, 0.1) is 4.90 Å². The van der Waals surface area contributed by atoms with E-state index in [-0.39, 0.29) is 4.90 Å². The largest absolute Gasteiger partial charge is 0.486 e. The van der Waals surface area contributed by atoms with Gasteiger partial charge < -0.3 is 9.47 Å². The van der Waals surface area contributed by atoms with Crippen LogP contribution in [-0.2, 0) is 16.4 Å². The third-order valence-corrected chi connectivity index (χ3v) is 5.48. The summed E-state index contributed by atoms with van der Waals surface area (Å²) in [4.78, 5) is 4.40. The summed E-state index contributed by atoms with van der Waals surface area (Å²) in [6.07, 6.45) is 2.26. The van der Waals surface area contributed by atoms with Gasteiger partial charge in [-0.3, -0.25) is 4.98 Å². The highest BCUT2D eigenvalue weighted by Gasteiger charge is 2.23. The fraction of sp³-hybridized carbons (Fsp3) is 0.312. The lowest BCUT2D eigenvalue weighted by atomic mass is 10.3. The molecule has 1 aliphatic heterocycles. The molecule has 0 saturated heterocycles. The van der Waals surface area contributed by atoms with E-state index in [4.69, 9.17) is 9.47 Å². The second-order valence-corrected chi connectivity index (χ2v) is 7.25. The summed E-state index contributed by atoms with van der Waals surface area (Å²) in [5.41, 5.74) is 0.858. The van der Waals surface area contributed by atoms with Gasteiger partial charge in [0.25, 0.3) is 0 Å². The van der Waals surface area contributed by atoms with Gasteiger partial charge in [0.2, 0.25) is 10.0 Å². The number of nitrogens with zero attached hydrogens (tertiary/aromatic N) is 2. The van der Waals surface area contributed by atoms with Crippen molar-refractivity contribution in [3.63, 3.8) is 0 Å². The Morgan fingerprint density at radius 1 is 1.13 bits per heavy atom.